The molecule has 0 N–H and O–H groups in total. The van der Waals surface area contributed by atoms with Crippen LogP contribution in [0.25, 0.3) is 0 Å². The van der Waals surface area contributed by atoms with Crippen molar-refractivity contribution in [3.8, 4) is 5.75 Å². The van der Waals surface area contributed by atoms with Crippen molar-refractivity contribution in [2.75, 3.05) is 18.7 Å². The number of anilines is 1. The van der Waals surface area contributed by atoms with E-state index in [9.17, 15) is 4.79 Å². The quantitative estimate of drug-likeness (QED) is 0.667. The maximum atomic E-state index is 11.5. The molecular weight excluding hydrogens is 206 g/mol. The lowest BCUT2D eigenvalue weighted by Gasteiger charge is -2.21. The Hall–Kier alpha value is -1.97. The summed E-state index contributed by atoms with van der Waals surface area (Å²) >= 11 is 0. The monoisotopic (exact) mass is 217 g/mol. The predicted molar refractivity (Wildman–Crippen MR) is 58.2 cm³/mol. The molecule has 0 bridgehead atoms. The van der Waals surface area contributed by atoms with E-state index in [1.54, 1.807) is 0 Å². The molecule has 0 amide bonds. The van der Waals surface area contributed by atoms with Gasteiger partial charge in [0, 0.05) is 12.6 Å². The number of carbonyl (C=O) groups is 1. The Bertz CT molecular complexity index is 493. The number of benzene rings is 1. The van der Waals surface area contributed by atoms with E-state index in [1.807, 2.05) is 29.3 Å². The molecule has 0 unspecified atom stereocenters. The zero-order valence-electron chi connectivity index (χ0n) is 8.90. The molecule has 0 fully saturated rings. The molecule has 2 heterocycles. The van der Waals surface area contributed by atoms with Crippen molar-refractivity contribution in [2.24, 2.45) is 0 Å². The van der Waals surface area contributed by atoms with Crippen LogP contribution in [0.2, 0.25) is 0 Å². The molecule has 3 rings (SSSR count). The molecule has 0 aliphatic carbocycles. The van der Waals surface area contributed by atoms with Gasteiger partial charge in [-0.25, -0.2) is 4.79 Å². The number of hydrogen-bond acceptors (Lipinski definition) is 4. The fraction of sp³-hybridized carbons (Fsp3) is 0.250. The predicted octanol–water partition coefficient (Wildman–Crippen LogP) is 1.46. The molecule has 0 saturated carbocycles. The van der Waals surface area contributed by atoms with Gasteiger partial charge in [-0.15, -0.1) is 0 Å². The van der Waals surface area contributed by atoms with Gasteiger partial charge in [-0.2, -0.15) is 0 Å². The third kappa shape index (κ3) is 1.19. The SMILES string of the molecule is COC(=O)C1=CN2COc3cccc(c32)C1. The van der Waals surface area contributed by atoms with Crippen LogP contribution in [0.15, 0.2) is 30.0 Å². The number of carbonyl (C=O) groups excluding carboxylic acids is 1. The largest absolute Gasteiger partial charge is 0.471 e. The van der Waals surface area contributed by atoms with Crippen LogP contribution in [0.3, 0.4) is 0 Å². The summed E-state index contributed by atoms with van der Waals surface area (Å²) in [5.41, 5.74) is 2.85. The number of nitrogens with zero attached hydrogens (tertiary/aromatic N) is 1. The van der Waals surface area contributed by atoms with Crippen LogP contribution >= 0.6 is 0 Å². The van der Waals surface area contributed by atoms with Crippen LogP contribution in [-0.2, 0) is 16.0 Å². The first kappa shape index (κ1) is 9.27. The molecule has 0 saturated heterocycles. The Labute approximate surface area is 93.1 Å². The number of ether oxygens (including phenoxy) is 2. The summed E-state index contributed by atoms with van der Waals surface area (Å²) in [6, 6.07) is 5.89. The minimum Gasteiger partial charge on any atom is -0.471 e. The van der Waals surface area contributed by atoms with Crippen LogP contribution in [0.5, 0.6) is 5.75 Å². The zero-order chi connectivity index (χ0) is 11.1. The van der Waals surface area contributed by atoms with Gasteiger partial charge in [-0.3, -0.25) is 0 Å². The summed E-state index contributed by atoms with van der Waals surface area (Å²) < 4.78 is 10.3. The summed E-state index contributed by atoms with van der Waals surface area (Å²) in [6.45, 7) is 0.465. The fourth-order valence-electron chi connectivity index (χ4n) is 2.15. The fourth-order valence-corrected chi connectivity index (χ4v) is 2.15. The third-order valence-electron chi connectivity index (χ3n) is 2.87. The van der Waals surface area contributed by atoms with E-state index in [0.29, 0.717) is 18.7 Å². The topological polar surface area (TPSA) is 38.8 Å². The van der Waals surface area contributed by atoms with Crippen molar-refractivity contribution < 1.29 is 14.3 Å². The normalized spacial score (nSPS) is 16.3. The van der Waals surface area contributed by atoms with Crippen molar-refractivity contribution in [2.45, 2.75) is 6.42 Å². The van der Waals surface area contributed by atoms with Crippen LogP contribution in [-0.4, -0.2) is 19.8 Å². The summed E-state index contributed by atoms with van der Waals surface area (Å²) in [5, 5.41) is 0. The van der Waals surface area contributed by atoms with Gasteiger partial charge in [0.2, 0.25) is 0 Å². The van der Waals surface area contributed by atoms with E-state index in [1.165, 1.54) is 7.11 Å². The van der Waals surface area contributed by atoms with Crippen molar-refractivity contribution in [1.82, 2.24) is 0 Å². The summed E-state index contributed by atoms with van der Waals surface area (Å²) in [5.74, 6) is 0.612. The first-order chi connectivity index (χ1) is 7.79. The highest BCUT2D eigenvalue weighted by Gasteiger charge is 2.28. The second-order valence-electron chi connectivity index (χ2n) is 3.83. The number of esters is 1. The number of rotatable bonds is 1. The summed E-state index contributed by atoms with van der Waals surface area (Å²) in [4.78, 5) is 13.4. The molecule has 2 aliphatic heterocycles. The highest BCUT2D eigenvalue weighted by molar-refractivity contribution is 5.91. The summed E-state index contributed by atoms with van der Waals surface area (Å²) in [6.07, 6.45) is 2.42. The minimum absolute atomic E-state index is 0.275. The average Bonchev–Trinajstić information content (AvgIpc) is 2.73. The molecule has 0 spiro atoms. The molecule has 0 aromatic heterocycles. The molecule has 82 valence electrons. The Morgan fingerprint density at radius 3 is 3.19 bits per heavy atom. The Morgan fingerprint density at radius 2 is 2.38 bits per heavy atom. The molecule has 4 nitrogen and oxygen atoms in total. The van der Waals surface area contributed by atoms with Crippen LogP contribution in [0.1, 0.15) is 5.56 Å². The molecule has 1 aromatic rings. The van der Waals surface area contributed by atoms with E-state index in [4.69, 9.17) is 9.47 Å². The Kier molecular flexibility index (Phi) is 1.89. The van der Waals surface area contributed by atoms with Gasteiger partial charge in [-0.1, -0.05) is 12.1 Å². The number of hydrogen-bond donors (Lipinski definition) is 0. The second kappa shape index (κ2) is 3.27. The lowest BCUT2D eigenvalue weighted by Crippen LogP contribution is -2.23. The van der Waals surface area contributed by atoms with Gasteiger partial charge < -0.3 is 14.4 Å². The summed E-state index contributed by atoms with van der Waals surface area (Å²) in [7, 11) is 1.40. The first-order valence-corrected chi connectivity index (χ1v) is 5.10. The third-order valence-corrected chi connectivity index (χ3v) is 2.87. The highest BCUT2D eigenvalue weighted by Crippen LogP contribution is 2.41. The second-order valence-corrected chi connectivity index (χ2v) is 3.83. The smallest absolute Gasteiger partial charge is 0.335 e. The lowest BCUT2D eigenvalue weighted by atomic mass is 10.00. The van der Waals surface area contributed by atoms with E-state index < -0.39 is 0 Å². The van der Waals surface area contributed by atoms with Crippen molar-refractivity contribution >= 4 is 11.7 Å². The molecule has 0 radical (unpaired) electrons. The van der Waals surface area contributed by atoms with E-state index in [2.05, 4.69) is 0 Å². The maximum Gasteiger partial charge on any atom is 0.335 e. The average molecular weight is 217 g/mol. The van der Waals surface area contributed by atoms with Gasteiger partial charge in [0.15, 0.2) is 6.73 Å². The molecular formula is C12H11NO3. The van der Waals surface area contributed by atoms with Gasteiger partial charge in [0.05, 0.1) is 18.4 Å². The zero-order valence-corrected chi connectivity index (χ0v) is 8.90. The molecule has 16 heavy (non-hydrogen) atoms. The number of para-hydroxylation sites is 1. The molecule has 4 heteroatoms. The van der Waals surface area contributed by atoms with Crippen molar-refractivity contribution in [3.05, 3.63) is 35.5 Å². The molecule has 0 atom stereocenters. The van der Waals surface area contributed by atoms with E-state index in [0.717, 1.165) is 17.0 Å². The van der Waals surface area contributed by atoms with Crippen molar-refractivity contribution in [3.63, 3.8) is 0 Å². The standard InChI is InChI=1S/C12H11NO3/c1-15-12(14)9-5-8-3-2-4-10-11(8)13(6-9)7-16-10/h2-4,6H,5,7H2,1H3. The number of methoxy groups -OCH3 is 1. The Balaban J connectivity index is 2.05. The van der Waals surface area contributed by atoms with E-state index in [-0.39, 0.29) is 5.97 Å². The molecule has 2 aliphatic rings. The first-order valence-electron chi connectivity index (χ1n) is 5.10. The van der Waals surface area contributed by atoms with Gasteiger partial charge in [0.1, 0.15) is 5.75 Å². The van der Waals surface area contributed by atoms with Crippen LogP contribution in [0, 0.1) is 0 Å². The highest BCUT2D eigenvalue weighted by atomic mass is 16.5. The Morgan fingerprint density at radius 1 is 1.50 bits per heavy atom. The van der Waals surface area contributed by atoms with Gasteiger partial charge in [-0.05, 0) is 11.6 Å². The van der Waals surface area contributed by atoms with Crippen LogP contribution < -0.4 is 9.64 Å². The van der Waals surface area contributed by atoms with Gasteiger partial charge >= 0.3 is 5.97 Å². The molecule has 1 aromatic carbocycles. The van der Waals surface area contributed by atoms with E-state index >= 15 is 0 Å². The maximum absolute atomic E-state index is 11.5. The lowest BCUT2D eigenvalue weighted by molar-refractivity contribution is -0.136. The minimum atomic E-state index is -0.275. The van der Waals surface area contributed by atoms with Crippen molar-refractivity contribution in [1.29, 1.82) is 0 Å². The van der Waals surface area contributed by atoms with Gasteiger partial charge in [0.25, 0.3) is 0 Å². The van der Waals surface area contributed by atoms with Crippen LogP contribution in [0.4, 0.5) is 5.69 Å².